The Morgan fingerprint density at radius 3 is 2.57 bits per heavy atom. The molecule has 2 unspecified atom stereocenters. The SMILES string of the molecule is COc1cc(CN)ccc1S(=O)(=O)N1CC2CCC(C1)O2. The van der Waals surface area contributed by atoms with Crippen molar-refractivity contribution in [2.75, 3.05) is 20.2 Å². The second kappa shape index (κ2) is 5.57. The first-order valence-corrected chi connectivity index (χ1v) is 8.51. The van der Waals surface area contributed by atoms with Gasteiger partial charge in [0.05, 0.1) is 19.3 Å². The topological polar surface area (TPSA) is 81.9 Å². The molecule has 2 saturated heterocycles. The van der Waals surface area contributed by atoms with Crippen LogP contribution in [0.25, 0.3) is 0 Å². The van der Waals surface area contributed by atoms with Crippen LogP contribution in [0.1, 0.15) is 18.4 Å². The van der Waals surface area contributed by atoms with Crippen LogP contribution in [0.15, 0.2) is 23.1 Å². The number of benzene rings is 1. The van der Waals surface area contributed by atoms with Crippen molar-refractivity contribution in [1.82, 2.24) is 4.31 Å². The fourth-order valence-corrected chi connectivity index (χ4v) is 4.60. The van der Waals surface area contributed by atoms with E-state index < -0.39 is 10.0 Å². The number of ether oxygens (including phenoxy) is 2. The van der Waals surface area contributed by atoms with E-state index in [1.54, 1.807) is 18.2 Å². The van der Waals surface area contributed by atoms with Crippen molar-refractivity contribution in [2.24, 2.45) is 5.73 Å². The van der Waals surface area contributed by atoms with Crippen molar-refractivity contribution in [2.45, 2.75) is 36.5 Å². The number of morpholine rings is 1. The number of methoxy groups -OCH3 is 1. The largest absolute Gasteiger partial charge is 0.495 e. The molecule has 3 rings (SSSR count). The molecule has 2 heterocycles. The molecule has 2 N–H and O–H groups in total. The molecule has 116 valence electrons. The van der Waals surface area contributed by atoms with Gasteiger partial charge in [0.25, 0.3) is 0 Å². The lowest BCUT2D eigenvalue weighted by molar-refractivity contribution is -0.0115. The summed E-state index contributed by atoms with van der Waals surface area (Å²) < 4.78 is 38.1. The minimum absolute atomic E-state index is 0.0211. The van der Waals surface area contributed by atoms with Crippen LogP contribution >= 0.6 is 0 Å². The quantitative estimate of drug-likeness (QED) is 0.885. The van der Waals surface area contributed by atoms with E-state index in [1.165, 1.54) is 11.4 Å². The number of rotatable bonds is 4. The highest BCUT2D eigenvalue weighted by Gasteiger charge is 2.40. The van der Waals surface area contributed by atoms with Crippen LogP contribution in [0, 0.1) is 0 Å². The van der Waals surface area contributed by atoms with Gasteiger partial charge in [0.15, 0.2) is 0 Å². The molecule has 6 nitrogen and oxygen atoms in total. The maximum atomic E-state index is 12.8. The van der Waals surface area contributed by atoms with Crippen LogP contribution < -0.4 is 10.5 Å². The number of nitrogens with zero attached hydrogens (tertiary/aromatic N) is 1. The summed E-state index contributed by atoms with van der Waals surface area (Å²) in [4.78, 5) is 0.198. The van der Waals surface area contributed by atoms with E-state index in [1.807, 2.05) is 0 Å². The minimum Gasteiger partial charge on any atom is -0.495 e. The first-order valence-electron chi connectivity index (χ1n) is 7.07. The van der Waals surface area contributed by atoms with E-state index in [-0.39, 0.29) is 17.1 Å². The summed E-state index contributed by atoms with van der Waals surface area (Å²) in [7, 11) is -2.10. The van der Waals surface area contributed by atoms with Gasteiger partial charge in [-0.2, -0.15) is 4.31 Å². The number of hydrogen-bond donors (Lipinski definition) is 1. The predicted molar refractivity (Wildman–Crippen MR) is 77.5 cm³/mol. The molecule has 0 radical (unpaired) electrons. The molecule has 0 saturated carbocycles. The van der Waals surface area contributed by atoms with Crippen molar-refractivity contribution in [3.8, 4) is 5.75 Å². The van der Waals surface area contributed by atoms with E-state index in [0.29, 0.717) is 25.4 Å². The highest BCUT2D eigenvalue weighted by atomic mass is 32.2. The predicted octanol–water partition coefficient (Wildman–Crippen LogP) is 0.706. The average molecular weight is 312 g/mol. The second-order valence-corrected chi connectivity index (χ2v) is 7.38. The summed E-state index contributed by atoms with van der Waals surface area (Å²) in [5.41, 5.74) is 6.43. The molecule has 0 spiro atoms. The highest BCUT2D eigenvalue weighted by molar-refractivity contribution is 7.89. The fraction of sp³-hybridized carbons (Fsp3) is 0.571. The molecule has 2 aliphatic heterocycles. The Hall–Kier alpha value is -1.15. The fourth-order valence-electron chi connectivity index (χ4n) is 2.96. The van der Waals surface area contributed by atoms with Gasteiger partial charge >= 0.3 is 0 Å². The van der Waals surface area contributed by atoms with E-state index in [2.05, 4.69) is 0 Å². The Morgan fingerprint density at radius 2 is 2.00 bits per heavy atom. The molecule has 2 aliphatic rings. The van der Waals surface area contributed by atoms with Gasteiger partial charge in [-0.05, 0) is 30.5 Å². The zero-order chi connectivity index (χ0) is 15.0. The first-order chi connectivity index (χ1) is 10.0. The molecular formula is C14H20N2O4S. The smallest absolute Gasteiger partial charge is 0.246 e. The molecular weight excluding hydrogens is 292 g/mol. The molecule has 7 heteroatoms. The van der Waals surface area contributed by atoms with Crippen LogP contribution in [0.5, 0.6) is 5.75 Å². The Morgan fingerprint density at radius 1 is 1.33 bits per heavy atom. The first kappa shape index (κ1) is 14.8. The molecule has 0 amide bonds. The Bertz CT molecular complexity index is 620. The van der Waals surface area contributed by atoms with Crippen molar-refractivity contribution >= 4 is 10.0 Å². The van der Waals surface area contributed by atoms with Gasteiger partial charge in [-0.15, -0.1) is 0 Å². The normalized spacial score (nSPS) is 26.0. The lowest BCUT2D eigenvalue weighted by Crippen LogP contribution is -2.45. The third-order valence-corrected chi connectivity index (χ3v) is 5.96. The van der Waals surface area contributed by atoms with Crippen molar-refractivity contribution < 1.29 is 17.9 Å². The minimum atomic E-state index is -3.57. The van der Waals surface area contributed by atoms with Crippen LogP contribution in [0.3, 0.4) is 0 Å². The maximum Gasteiger partial charge on any atom is 0.246 e. The molecule has 2 bridgehead atoms. The number of fused-ring (bicyclic) bond motifs is 2. The summed E-state index contributed by atoms with van der Waals surface area (Å²) in [5.74, 6) is 0.344. The van der Waals surface area contributed by atoms with Crippen LogP contribution in [0.4, 0.5) is 0 Å². The molecule has 0 aromatic heterocycles. The third kappa shape index (κ3) is 2.66. The maximum absolute atomic E-state index is 12.8. The van der Waals surface area contributed by atoms with Gasteiger partial charge in [0, 0.05) is 19.6 Å². The molecule has 21 heavy (non-hydrogen) atoms. The summed E-state index contributed by atoms with van der Waals surface area (Å²) in [6.07, 6.45) is 1.90. The second-order valence-electron chi connectivity index (χ2n) is 5.47. The van der Waals surface area contributed by atoms with Gasteiger partial charge in [0.1, 0.15) is 10.6 Å². The number of sulfonamides is 1. The van der Waals surface area contributed by atoms with E-state index in [0.717, 1.165) is 18.4 Å². The third-order valence-electron chi connectivity index (χ3n) is 4.09. The summed E-state index contributed by atoms with van der Waals surface area (Å²) in [5, 5.41) is 0. The van der Waals surface area contributed by atoms with Crippen LogP contribution in [-0.4, -0.2) is 45.1 Å². The summed E-state index contributed by atoms with van der Waals surface area (Å²) in [6, 6.07) is 4.99. The summed E-state index contributed by atoms with van der Waals surface area (Å²) in [6.45, 7) is 1.18. The van der Waals surface area contributed by atoms with Crippen molar-refractivity contribution in [1.29, 1.82) is 0 Å². The Balaban J connectivity index is 1.94. The molecule has 0 aliphatic carbocycles. The monoisotopic (exact) mass is 312 g/mol. The molecule has 2 fully saturated rings. The van der Waals surface area contributed by atoms with Crippen molar-refractivity contribution in [3.05, 3.63) is 23.8 Å². The van der Waals surface area contributed by atoms with E-state index in [4.69, 9.17) is 15.2 Å². The Labute approximate surface area is 124 Å². The summed E-state index contributed by atoms with van der Waals surface area (Å²) >= 11 is 0. The van der Waals surface area contributed by atoms with Gasteiger partial charge in [-0.3, -0.25) is 0 Å². The zero-order valence-electron chi connectivity index (χ0n) is 12.0. The molecule has 1 aromatic carbocycles. The lowest BCUT2D eigenvalue weighted by Gasteiger charge is -2.31. The van der Waals surface area contributed by atoms with E-state index >= 15 is 0 Å². The average Bonchev–Trinajstić information content (AvgIpc) is 2.84. The van der Waals surface area contributed by atoms with Gasteiger partial charge < -0.3 is 15.2 Å². The van der Waals surface area contributed by atoms with Gasteiger partial charge in [0.2, 0.25) is 10.0 Å². The zero-order valence-corrected chi connectivity index (χ0v) is 12.8. The van der Waals surface area contributed by atoms with Crippen LogP contribution in [-0.2, 0) is 21.3 Å². The van der Waals surface area contributed by atoms with Crippen LogP contribution in [0.2, 0.25) is 0 Å². The highest BCUT2D eigenvalue weighted by Crippen LogP contribution is 2.33. The number of hydrogen-bond acceptors (Lipinski definition) is 5. The molecule has 2 atom stereocenters. The lowest BCUT2D eigenvalue weighted by atomic mass is 10.2. The standard InChI is InChI=1S/C14H20N2O4S/c1-19-13-6-10(7-15)2-5-14(13)21(17,18)16-8-11-3-4-12(9-16)20-11/h2,5-6,11-12H,3-4,7-9,15H2,1H3. The molecule has 1 aromatic rings. The Kier molecular flexibility index (Phi) is 3.92. The van der Waals surface area contributed by atoms with Crippen molar-refractivity contribution in [3.63, 3.8) is 0 Å². The number of nitrogens with two attached hydrogens (primary N) is 1. The van der Waals surface area contributed by atoms with Gasteiger partial charge in [-0.25, -0.2) is 8.42 Å². The van der Waals surface area contributed by atoms with Gasteiger partial charge in [-0.1, -0.05) is 6.07 Å². The van der Waals surface area contributed by atoms with E-state index in [9.17, 15) is 8.42 Å².